The maximum Gasteiger partial charge on any atom is 0.158 e. The zero-order valence-electron chi connectivity index (χ0n) is 11.1. The summed E-state index contributed by atoms with van der Waals surface area (Å²) in [5.41, 5.74) is 1.98. The van der Waals surface area contributed by atoms with Crippen LogP contribution in [-0.2, 0) is 9.59 Å². The quantitative estimate of drug-likeness (QED) is 0.762. The van der Waals surface area contributed by atoms with Crippen molar-refractivity contribution in [3.8, 4) is 0 Å². The summed E-state index contributed by atoms with van der Waals surface area (Å²) in [6, 6.07) is 0. The van der Waals surface area contributed by atoms with Gasteiger partial charge in [0.2, 0.25) is 0 Å². The first kappa shape index (κ1) is 13.2. The summed E-state index contributed by atoms with van der Waals surface area (Å²) in [4.78, 5) is 24.2. The van der Waals surface area contributed by atoms with E-state index in [0.717, 1.165) is 11.1 Å². The molecular weight excluding hydrogens is 228 g/mol. The van der Waals surface area contributed by atoms with Crippen molar-refractivity contribution < 1.29 is 14.7 Å². The van der Waals surface area contributed by atoms with Crippen LogP contribution in [0.4, 0.5) is 0 Å². The molecule has 1 saturated carbocycles. The molecule has 2 aliphatic carbocycles. The van der Waals surface area contributed by atoms with Crippen LogP contribution in [-0.4, -0.2) is 23.3 Å². The predicted molar refractivity (Wildman–Crippen MR) is 69.0 cm³/mol. The summed E-state index contributed by atoms with van der Waals surface area (Å²) in [7, 11) is 0. The molecule has 98 valence electrons. The van der Waals surface area contributed by atoms with Gasteiger partial charge in [0.15, 0.2) is 5.78 Å². The molecule has 1 fully saturated rings. The van der Waals surface area contributed by atoms with Crippen LogP contribution in [0.15, 0.2) is 23.3 Å². The fourth-order valence-electron chi connectivity index (χ4n) is 3.16. The summed E-state index contributed by atoms with van der Waals surface area (Å²) in [5, 5.41) is 9.16. The van der Waals surface area contributed by atoms with Crippen molar-refractivity contribution in [3.63, 3.8) is 0 Å². The molecule has 0 amide bonds. The fraction of sp³-hybridized carbons (Fsp3) is 0.600. The molecule has 0 unspecified atom stereocenters. The lowest BCUT2D eigenvalue weighted by atomic mass is 9.60. The minimum absolute atomic E-state index is 0.00794. The summed E-state index contributed by atoms with van der Waals surface area (Å²) >= 11 is 0. The summed E-state index contributed by atoms with van der Waals surface area (Å²) in [6.07, 6.45) is 2.25. The average molecular weight is 248 g/mol. The van der Waals surface area contributed by atoms with Crippen molar-refractivity contribution >= 4 is 11.6 Å². The van der Waals surface area contributed by atoms with Gasteiger partial charge in [-0.1, -0.05) is 6.58 Å². The van der Waals surface area contributed by atoms with Crippen LogP contribution >= 0.6 is 0 Å². The van der Waals surface area contributed by atoms with Gasteiger partial charge in [-0.2, -0.15) is 0 Å². The minimum Gasteiger partial charge on any atom is -0.392 e. The summed E-state index contributed by atoms with van der Waals surface area (Å²) < 4.78 is 0. The van der Waals surface area contributed by atoms with Gasteiger partial charge in [0.25, 0.3) is 0 Å². The Bertz CT molecular complexity index is 458. The third-order valence-corrected chi connectivity index (χ3v) is 4.67. The number of carbonyl (C=O) groups is 2. The first-order chi connectivity index (χ1) is 8.40. The second kappa shape index (κ2) is 4.47. The molecule has 0 saturated heterocycles. The van der Waals surface area contributed by atoms with Crippen LogP contribution in [0.3, 0.4) is 0 Å². The van der Waals surface area contributed by atoms with Crippen molar-refractivity contribution in [3.05, 3.63) is 23.3 Å². The van der Waals surface area contributed by atoms with E-state index in [-0.39, 0.29) is 24.1 Å². The van der Waals surface area contributed by atoms with Gasteiger partial charge in [0.05, 0.1) is 6.61 Å². The van der Waals surface area contributed by atoms with Gasteiger partial charge < -0.3 is 5.11 Å². The number of aliphatic hydroxyl groups is 1. The van der Waals surface area contributed by atoms with E-state index in [4.69, 9.17) is 5.11 Å². The van der Waals surface area contributed by atoms with Gasteiger partial charge >= 0.3 is 0 Å². The van der Waals surface area contributed by atoms with E-state index in [9.17, 15) is 9.59 Å². The number of Topliss-reactive ketones (excluding diaryl/α,β-unsaturated/α-hetero) is 2. The van der Waals surface area contributed by atoms with E-state index in [1.54, 1.807) is 0 Å². The Morgan fingerprint density at radius 1 is 1.44 bits per heavy atom. The number of aliphatic hydroxyl groups excluding tert-OH is 1. The Labute approximate surface area is 108 Å². The molecule has 0 aliphatic heterocycles. The van der Waals surface area contributed by atoms with Crippen molar-refractivity contribution in [1.82, 2.24) is 0 Å². The summed E-state index contributed by atoms with van der Waals surface area (Å²) in [6.45, 7) is 7.52. The maximum absolute atomic E-state index is 12.4. The van der Waals surface area contributed by atoms with Crippen molar-refractivity contribution in [1.29, 1.82) is 0 Å². The number of hydrogen-bond donors (Lipinski definition) is 1. The molecule has 3 nitrogen and oxygen atoms in total. The normalized spacial score (nSPS) is 32.5. The minimum atomic E-state index is -0.454. The SMILES string of the molecule is C=C(CO)[C@@H]1CC(=O)[C@@]2(C)CCC(=O)C(C)=C2C1. The highest BCUT2D eigenvalue weighted by atomic mass is 16.3. The second-order valence-corrected chi connectivity index (χ2v) is 5.70. The lowest BCUT2D eigenvalue weighted by molar-refractivity contribution is -0.130. The van der Waals surface area contributed by atoms with Crippen LogP contribution in [0.5, 0.6) is 0 Å². The van der Waals surface area contributed by atoms with Crippen molar-refractivity contribution in [2.45, 2.75) is 39.5 Å². The molecule has 1 N–H and O–H groups in total. The molecule has 3 heteroatoms. The molecule has 2 rings (SSSR count). The first-order valence-electron chi connectivity index (χ1n) is 6.45. The fourth-order valence-corrected chi connectivity index (χ4v) is 3.16. The van der Waals surface area contributed by atoms with E-state index in [1.807, 2.05) is 13.8 Å². The molecule has 0 spiro atoms. The summed E-state index contributed by atoms with van der Waals surface area (Å²) in [5.74, 6) is 0.340. The van der Waals surface area contributed by atoms with E-state index in [2.05, 4.69) is 6.58 Å². The van der Waals surface area contributed by atoms with E-state index < -0.39 is 5.41 Å². The molecular formula is C15H20O3. The van der Waals surface area contributed by atoms with Crippen LogP contribution in [0.25, 0.3) is 0 Å². The monoisotopic (exact) mass is 248 g/mol. The third kappa shape index (κ3) is 1.87. The number of fused-ring (bicyclic) bond motifs is 1. The molecule has 0 aromatic rings. The highest BCUT2D eigenvalue weighted by molar-refractivity contribution is 6.01. The maximum atomic E-state index is 12.4. The zero-order chi connectivity index (χ0) is 13.5. The molecule has 0 aromatic heterocycles. The zero-order valence-corrected chi connectivity index (χ0v) is 11.1. The highest BCUT2D eigenvalue weighted by Crippen LogP contribution is 2.49. The standard InChI is InChI=1S/C15H20O3/c1-9(8-16)11-6-12-10(2)13(17)4-5-15(12,3)14(18)7-11/h11,16H,1,4-8H2,2-3H3/t11-,15-/m0/s1. The molecule has 2 aliphatic rings. The number of hydrogen-bond acceptors (Lipinski definition) is 3. The highest BCUT2D eigenvalue weighted by Gasteiger charge is 2.46. The van der Waals surface area contributed by atoms with Crippen LogP contribution < -0.4 is 0 Å². The van der Waals surface area contributed by atoms with Crippen LogP contribution in [0.2, 0.25) is 0 Å². The number of allylic oxidation sites excluding steroid dienone is 2. The van der Waals surface area contributed by atoms with E-state index in [1.165, 1.54) is 0 Å². The Morgan fingerprint density at radius 3 is 2.72 bits per heavy atom. The van der Waals surface area contributed by atoms with Crippen molar-refractivity contribution in [2.24, 2.45) is 11.3 Å². The van der Waals surface area contributed by atoms with Gasteiger partial charge in [0, 0.05) is 18.3 Å². The van der Waals surface area contributed by atoms with Crippen LogP contribution in [0.1, 0.15) is 39.5 Å². The van der Waals surface area contributed by atoms with Crippen molar-refractivity contribution in [2.75, 3.05) is 6.61 Å². The molecule has 18 heavy (non-hydrogen) atoms. The Balaban J connectivity index is 2.41. The lowest BCUT2D eigenvalue weighted by Gasteiger charge is -2.42. The number of ketones is 2. The van der Waals surface area contributed by atoms with Gasteiger partial charge in [-0.05, 0) is 49.3 Å². The molecule has 0 heterocycles. The van der Waals surface area contributed by atoms with Gasteiger partial charge in [-0.3, -0.25) is 9.59 Å². The predicted octanol–water partition coefficient (Wildman–Crippen LogP) is 2.20. The topological polar surface area (TPSA) is 54.4 Å². The van der Waals surface area contributed by atoms with E-state index in [0.29, 0.717) is 31.3 Å². The Hall–Kier alpha value is -1.22. The lowest BCUT2D eigenvalue weighted by Crippen LogP contribution is -2.41. The average Bonchev–Trinajstić information content (AvgIpc) is 2.36. The van der Waals surface area contributed by atoms with E-state index >= 15 is 0 Å². The first-order valence-corrected chi connectivity index (χ1v) is 6.45. The number of rotatable bonds is 2. The van der Waals surface area contributed by atoms with Crippen LogP contribution in [0, 0.1) is 11.3 Å². The Morgan fingerprint density at radius 2 is 2.11 bits per heavy atom. The smallest absolute Gasteiger partial charge is 0.158 e. The molecule has 0 radical (unpaired) electrons. The Kier molecular flexibility index (Phi) is 3.28. The second-order valence-electron chi connectivity index (χ2n) is 5.70. The molecule has 0 bridgehead atoms. The van der Waals surface area contributed by atoms with Gasteiger partial charge in [-0.25, -0.2) is 0 Å². The molecule has 2 atom stereocenters. The number of carbonyl (C=O) groups excluding carboxylic acids is 2. The molecule has 0 aromatic carbocycles. The van der Waals surface area contributed by atoms with Gasteiger partial charge in [-0.15, -0.1) is 0 Å². The van der Waals surface area contributed by atoms with Gasteiger partial charge in [0.1, 0.15) is 5.78 Å². The largest absolute Gasteiger partial charge is 0.392 e. The third-order valence-electron chi connectivity index (χ3n) is 4.67.